The Morgan fingerprint density at radius 2 is 1.50 bits per heavy atom. The minimum Gasteiger partial charge on any atom is -0.507 e. The van der Waals surface area contributed by atoms with E-state index in [-0.39, 0.29) is 5.75 Å². The maximum atomic E-state index is 9.99. The molecular weight excluding hydrogens is 274 g/mol. The van der Waals surface area contributed by atoms with Crippen LogP contribution in [0.4, 0.5) is 5.69 Å². The van der Waals surface area contributed by atoms with Gasteiger partial charge in [-0.25, -0.2) is 9.97 Å². The molecule has 0 unspecified atom stereocenters. The van der Waals surface area contributed by atoms with E-state index in [2.05, 4.69) is 9.97 Å². The quantitative estimate of drug-likeness (QED) is 0.571. The number of anilines is 1. The Bertz CT molecular complexity index is 796. The molecule has 4 nitrogen and oxygen atoms in total. The fraction of sp³-hybridized carbons (Fsp3) is 0. The van der Waals surface area contributed by atoms with E-state index in [1.54, 1.807) is 24.5 Å². The van der Waals surface area contributed by atoms with E-state index < -0.39 is 0 Å². The molecule has 0 spiro atoms. The van der Waals surface area contributed by atoms with E-state index in [9.17, 15) is 5.11 Å². The number of nitrogens with two attached hydrogens (primary N) is 1. The Morgan fingerprint density at radius 1 is 0.864 bits per heavy atom. The second-order valence-electron chi connectivity index (χ2n) is 4.85. The number of aromatic hydroxyl groups is 1. The van der Waals surface area contributed by atoms with Crippen LogP contribution in [-0.4, -0.2) is 15.1 Å². The van der Waals surface area contributed by atoms with Crippen molar-refractivity contribution >= 4 is 17.8 Å². The predicted molar refractivity (Wildman–Crippen MR) is 88.9 cm³/mol. The van der Waals surface area contributed by atoms with Crippen molar-refractivity contribution < 1.29 is 5.11 Å². The maximum absolute atomic E-state index is 9.99. The normalized spacial score (nSPS) is 10.9. The lowest BCUT2D eigenvalue weighted by Crippen LogP contribution is -1.88. The van der Waals surface area contributed by atoms with Crippen molar-refractivity contribution in [2.75, 3.05) is 5.73 Å². The summed E-state index contributed by atoms with van der Waals surface area (Å²) in [7, 11) is 0. The Balaban J connectivity index is 1.91. The van der Waals surface area contributed by atoms with E-state index >= 15 is 0 Å². The minimum absolute atomic E-state index is 0.163. The molecule has 0 atom stereocenters. The van der Waals surface area contributed by atoms with Gasteiger partial charge < -0.3 is 10.8 Å². The third-order valence-corrected chi connectivity index (χ3v) is 3.23. The summed E-state index contributed by atoms with van der Waals surface area (Å²) in [5, 5.41) is 9.99. The van der Waals surface area contributed by atoms with Crippen LogP contribution >= 0.6 is 0 Å². The average Bonchev–Trinajstić information content (AvgIpc) is 2.56. The SMILES string of the molecule is Nc1ccc(/C=C/c2ccc(O)c(-c3ncccn3)c2)cc1. The van der Waals surface area contributed by atoms with Crippen LogP contribution < -0.4 is 5.73 Å². The molecule has 0 aliphatic carbocycles. The topological polar surface area (TPSA) is 72.0 Å². The molecule has 0 fully saturated rings. The first-order valence-electron chi connectivity index (χ1n) is 6.86. The number of nitrogens with zero attached hydrogens (tertiary/aromatic N) is 2. The molecule has 3 aromatic rings. The van der Waals surface area contributed by atoms with E-state index in [0.29, 0.717) is 11.4 Å². The van der Waals surface area contributed by atoms with Crippen molar-refractivity contribution in [2.45, 2.75) is 0 Å². The Kier molecular flexibility index (Phi) is 3.83. The van der Waals surface area contributed by atoms with E-state index in [4.69, 9.17) is 5.73 Å². The molecule has 0 saturated heterocycles. The lowest BCUT2D eigenvalue weighted by molar-refractivity contribution is 0.477. The molecule has 22 heavy (non-hydrogen) atoms. The van der Waals surface area contributed by atoms with Crippen molar-refractivity contribution in [3.05, 3.63) is 72.1 Å². The zero-order chi connectivity index (χ0) is 15.4. The van der Waals surface area contributed by atoms with Crippen LogP contribution in [-0.2, 0) is 0 Å². The summed E-state index contributed by atoms with van der Waals surface area (Å²) in [5.41, 5.74) is 9.03. The summed E-state index contributed by atoms with van der Waals surface area (Å²) in [5.74, 6) is 0.665. The molecule has 1 aromatic heterocycles. The summed E-state index contributed by atoms with van der Waals surface area (Å²) < 4.78 is 0. The number of hydrogen-bond acceptors (Lipinski definition) is 4. The zero-order valence-electron chi connectivity index (χ0n) is 11.8. The zero-order valence-corrected chi connectivity index (χ0v) is 11.8. The van der Waals surface area contributed by atoms with Gasteiger partial charge in [-0.1, -0.05) is 30.4 Å². The van der Waals surface area contributed by atoms with Gasteiger partial charge in [-0.3, -0.25) is 0 Å². The molecular formula is C18H15N3O. The molecule has 0 amide bonds. The monoisotopic (exact) mass is 289 g/mol. The molecule has 0 saturated carbocycles. The molecule has 0 radical (unpaired) electrons. The number of phenolic OH excluding ortho intramolecular Hbond substituents is 1. The molecule has 2 aromatic carbocycles. The highest BCUT2D eigenvalue weighted by atomic mass is 16.3. The fourth-order valence-corrected chi connectivity index (χ4v) is 2.07. The van der Waals surface area contributed by atoms with Crippen LogP contribution in [0.1, 0.15) is 11.1 Å². The summed E-state index contributed by atoms with van der Waals surface area (Å²) >= 11 is 0. The first-order valence-corrected chi connectivity index (χ1v) is 6.86. The second kappa shape index (κ2) is 6.10. The number of nitrogen functional groups attached to an aromatic ring is 1. The predicted octanol–water partition coefficient (Wildman–Crippen LogP) is 3.60. The lowest BCUT2D eigenvalue weighted by Gasteiger charge is -2.04. The van der Waals surface area contributed by atoms with Crippen molar-refractivity contribution in [1.29, 1.82) is 0 Å². The Hall–Kier alpha value is -3.14. The third kappa shape index (κ3) is 3.12. The van der Waals surface area contributed by atoms with Crippen LogP contribution in [0.5, 0.6) is 5.75 Å². The minimum atomic E-state index is 0.163. The maximum Gasteiger partial charge on any atom is 0.162 e. The number of phenols is 1. The molecule has 3 rings (SSSR count). The molecule has 0 bridgehead atoms. The van der Waals surface area contributed by atoms with Gasteiger partial charge in [0.2, 0.25) is 0 Å². The number of benzene rings is 2. The highest BCUT2D eigenvalue weighted by Crippen LogP contribution is 2.27. The van der Waals surface area contributed by atoms with Crippen molar-refractivity contribution in [1.82, 2.24) is 9.97 Å². The Morgan fingerprint density at radius 3 is 2.23 bits per heavy atom. The van der Waals surface area contributed by atoms with E-state index in [1.165, 1.54) is 0 Å². The fourth-order valence-electron chi connectivity index (χ4n) is 2.07. The summed E-state index contributed by atoms with van der Waals surface area (Å²) in [6.45, 7) is 0. The lowest BCUT2D eigenvalue weighted by atomic mass is 10.1. The molecule has 108 valence electrons. The molecule has 0 aliphatic heterocycles. The van der Waals surface area contributed by atoms with E-state index in [0.717, 1.165) is 16.8 Å². The van der Waals surface area contributed by atoms with Gasteiger partial charge >= 0.3 is 0 Å². The largest absolute Gasteiger partial charge is 0.507 e. The van der Waals surface area contributed by atoms with Gasteiger partial charge in [0.1, 0.15) is 5.75 Å². The van der Waals surface area contributed by atoms with Gasteiger partial charge in [-0.15, -0.1) is 0 Å². The highest BCUT2D eigenvalue weighted by Gasteiger charge is 2.06. The number of aromatic nitrogens is 2. The third-order valence-electron chi connectivity index (χ3n) is 3.23. The first kappa shape index (κ1) is 13.8. The Labute approximate surface area is 128 Å². The smallest absolute Gasteiger partial charge is 0.162 e. The molecule has 1 heterocycles. The van der Waals surface area contributed by atoms with Gasteiger partial charge in [0.25, 0.3) is 0 Å². The summed E-state index contributed by atoms with van der Waals surface area (Å²) in [6.07, 6.45) is 7.26. The number of hydrogen-bond donors (Lipinski definition) is 2. The summed E-state index contributed by atoms with van der Waals surface area (Å²) in [4.78, 5) is 8.34. The van der Waals surface area contributed by atoms with Gasteiger partial charge in [0, 0.05) is 18.1 Å². The average molecular weight is 289 g/mol. The van der Waals surface area contributed by atoms with Crippen LogP contribution in [0, 0.1) is 0 Å². The molecule has 0 aliphatic rings. The van der Waals surface area contributed by atoms with Gasteiger partial charge in [-0.05, 0) is 41.5 Å². The highest BCUT2D eigenvalue weighted by molar-refractivity contribution is 5.74. The van der Waals surface area contributed by atoms with Crippen molar-refractivity contribution in [2.24, 2.45) is 0 Å². The first-order chi connectivity index (χ1) is 10.7. The van der Waals surface area contributed by atoms with Gasteiger partial charge in [-0.2, -0.15) is 0 Å². The number of rotatable bonds is 3. The van der Waals surface area contributed by atoms with Crippen molar-refractivity contribution in [3.8, 4) is 17.1 Å². The van der Waals surface area contributed by atoms with Crippen LogP contribution in [0.3, 0.4) is 0 Å². The summed E-state index contributed by atoms with van der Waals surface area (Å²) in [6, 6.07) is 14.7. The van der Waals surface area contributed by atoms with Crippen LogP contribution in [0.15, 0.2) is 60.9 Å². The van der Waals surface area contributed by atoms with Crippen molar-refractivity contribution in [3.63, 3.8) is 0 Å². The van der Waals surface area contributed by atoms with Crippen LogP contribution in [0.2, 0.25) is 0 Å². The standard InChI is InChI=1S/C18H15N3O/c19-15-7-4-13(5-8-15)2-3-14-6-9-17(22)16(12-14)18-20-10-1-11-21-18/h1-12,22H,19H2/b3-2+. The molecule has 3 N–H and O–H groups in total. The molecule has 4 heteroatoms. The van der Waals surface area contributed by atoms with E-state index in [1.807, 2.05) is 48.6 Å². The van der Waals surface area contributed by atoms with Crippen LogP contribution in [0.25, 0.3) is 23.5 Å². The second-order valence-corrected chi connectivity index (χ2v) is 4.85. The van der Waals surface area contributed by atoms with Gasteiger partial charge in [0.05, 0.1) is 5.56 Å². The van der Waals surface area contributed by atoms with Gasteiger partial charge in [0.15, 0.2) is 5.82 Å².